The highest BCUT2D eigenvalue weighted by Crippen LogP contribution is 2.25. The minimum absolute atomic E-state index is 0.424. The number of aliphatic hydroxyl groups excluding tert-OH is 1. The molecule has 3 nitrogen and oxygen atoms in total. The van der Waals surface area contributed by atoms with Crippen LogP contribution in [0.25, 0.3) is 0 Å². The van der Waals surface area contributed by atoms with E-state index in [9.17, 15) is 5.11 Å². The number of halogens is 2. The lowest BCUT2D eigenvalue weighted by atomic mass is 10.1. The monoisotopic (exact) mass is 270 g/mol. The summed E-state index contributed by atoms with van der Waals surface area (Å²) < 4.78 is 1.79. The zero-order valence-corrected chi connectivity index (χ0v) is 10.8. The highest BCUT2D eigenvalue weighted by atomic mass is 35.5. The van der Waals surface area contributed by atoms with Crippen LogP contribution >= 0.6 is 23.2 Å². The Labute approximate surface area is 110 Å². The highest BCUT2D eigenvalue weighted by Gasteiger charge is 2.13. The zero-order valence-electron chi connectivity index (χ0n) is 9.27. The number of benzene rings is 1. The molecule has 1 heterocycles. The first kappa shape index (κ1) is 12.4. The number of imidazole rings is 1. The number of hydrogen-bond acceptors (Lipinski definition) is 2. The minimum atomic E-state index is -0.658. The van der Waals surface area contributed by atoms with E-state index < -0.39 is 6.10 Å². The van der Waals surface area contributed by atoms with Crippen LogP contribution in [0.3, 0.4) is 0 Å². The molecule has 1 N–H and O–H groups in total. The van der Waals surface area contributed by atoms with E-state index in [1.807, 2.05) is 13.1 Å². The topological polar surface area (TPSA) is 38.0 Å². The van der Waals surface area contributed by atoms with Gasteiger partial charge in [0.1, 0.15) is 6.10 Å². The fourth-order valence-electron chi connectivity index (χ4n) is 1.61. The first-order chi connectivity index (χ1) is 8.06. The fraction of sp³-hybridized carbons (Fsp3) is 0.250. The average Bonchev–Trinajstić information content (AvgIpc) is 2.69. The molecule has 0 radical (unpaired) electrons. The van der Waals surface area contributed by atoms with Crippen molar-refractivity contribution < 1.29 is 5.11 Å². The van der Waals surface area contributed by atoms with E-state index >= 15 is 0 Å². The minimum Gasteiger partial charge on any atom is -0.386 e. The van der Waals surface area contributed by atoms with Gasteiger partial charge in [-0.15, -0.1) is 0 Å². The van der Waals surface area contributed by atoms with Gasteiger partial charge in [-0.2, -0.15) is 0 Å². The van der Waals surface area contributed by atoms with Crippen molar-refractivity contribution in [1.82, 2.24) is 9.55 Å². The van der Waals surface area contributed by atoms with Gasteiger partial charge in [-0.25, -0.2) is 4.98 Å². The van der Waals surface area contributed by atoms with Crippen LogP contribution in [0.15, 0.2) is 30.7 Å². The second-order valence-corrected chi connectivity index (χ2v) is 4.76. The molecule has 0 aliphatic heterocycles. The summed E-state index contributed by atoms with van der Waals surface area (Å²) in [6, 6.07) is 5.24. The molecule has 2 aromatic rings. The van der Waals surface area contributed by atoms with Gasteiger partial charge < -0.3 is 9.67 Å². The molecule has 1 aromatic carbocycles. The van der Waals surface area contributed by atoms with Gasteiger partial charge >= 0.3 is 0 Å². The molecule has 17 heavy (non-hydrogen) atoms. The summed E-state index contributed by atoms with van der Waals surface area (Å²) in [5, 5.41) is 11.2. The maximum Gasteiger partial charge on any atom is 0.102 e. The van der Waals surface area contributed by atoms with E-state index in [-0.39, 0.29) is 0 Å². The maximum atomic E-state index is 10.0. The Morgan fingerprint density at radius 3 is 2.76 bits per heavy atom. The summed E-state index contributed by atoms with van der Waals surface area (Å²) in [5.74, 6) is 0. The van der Waals surface area contributed by atoms with Gasteiger partial charge in [-0.3, -0.25) is 0 Å². The van der Waals surface area contributed by atoms with E-state index in [2.05, 4.69) is 4.98 Å². The summed E-state index contributed by atoms with van der Waals surface area (Å²) in [6.07, 6.45) is 3.21. The van der Waals surface area contributed by atoms with Gasteiger partial charge in [0.2, 0.25) is 0 Å². The molecule has 0 aliphatic rings. The van der Waals surface area contributed by atoms with Crippen molar-refractivity contribution in [2.75, 3.05) is 0 Å². The van der Waals surface area contributed by atoms with Gasteiger partial charge in [0, 0.05) is 29.7 Å². The first-order valence-electron chi connectivity index (χ1n) is 5.16. The molecule has 0 saturated carbocycles. The third-order valence-corrected chi connectivity index (χ3v) is 3.08. The van der Waals surface area contributed by atoms with Crippen molar-refractivity contribution in [3.05, 3.63) is 52.0 Å². The molecule has 1 atom stereocenters. The number of aryl methyl sites for hydroxylation is 1. The Bertz CT molecular complexity index is 525. The van der Waals surface area contributed by atoms with Crippen molar-refractivity contribution >= 4 is 23.2 Å². The van der Waals surface area contributed by atoms with Crippen LogP contribution in [-0.4, -0.2) is 14.7 Å². The van der Waals surface area contributed by atoms with Crippen molar-refractivity contribution in [3.8, 4) is 0 Å². The average molecular weight is 271 g/mol. The summed E-state index contributed by atoms with van der Waals surface area (Å²) in [5.41, 5.74) is 1.49. The van der Waals surface area contributed by atoms with E-state index in [4.69, 9.17) is 23.2 Å². The Morgan fingerprint density at radius 2 is 2.18 bits per heavy atom. The van der Waals surface area contributed by atoms with Crippen LogP contribution in [-0.2, 0) is 13.5 Å². The lowest BCUT2D eigenvalue weighted by Gasteiger charge is -2.09. The Hall–Kier alpha value is -1.03. The summed E-state index contributed by atoms with van der Waals surface area (Å²) in [4.78, 5) is 4.10. The maximum absolute atomic E-state index is 10.0. The summed E-state index contributed by atoms with van der Waals surface area (Å²) >= 11 is 11.9. The predicted molar refractivity (Wildman–Crippen MR) is 68.3 cm³/mol. The van der Waals surface area contributed by atoms with Crippen molar-refractivity contribution in [2.45, 2.75) is 12.5 Å². The number of aromatic nitrogens is 2. The summed E-state index contributed by atoms with van der Waals surface area (Å²) in [7, 11) is 1.86. The fourth-order valence-corrected chi connectivity index (χ4v) is 2.09. The molecule has 0 aliphatic carbocycles. The molecule has 0 saturated heterocycles. The van der Waals surface area contributed by atoms with Crippen LogP contribution in [0.2, 0.25) is 10.0 Å². The van der Waals surface area contributed by atoms with Crippen molar-refractivity contribution in [2.24, 2.45) is 7.05 Å². The molecule has 0 fully saturated rings. The van der Waals surface area contributed by atoms with Crippen LogP contribution < -0.4 is 0 Å². The molecule has 1 aromatic heterocycles. The van der Waals surface area contributed by atoms with Crippen LogP contribution in [0.5, 0.6) is 0 Å². The zero-order chi connectivity index (χ0) is 12.4. The molecule has 0 spiro atoms. The lowest BCUT2D eigenvalue weighted by Crippen LogP contribution is -2.02. The van der Waals surface area contributed by atoms with Crippen molar-refractivity contribution in [3.63, 3.8) is 0 Å². The Kier molecular flexibility index (Phi) is 3.72. The van der Waals surface area contributed by atoms with Crippen LogP contribution in [0.4, 0.5) is 0 Å². The first-order valence-corrected chi connectivity index (χ1v) is 5.91. The van der Waals surface area contributed by atoms with E-state index in [0.29, 0.717) is 22.2 Å². The Morgan fingerprint density at radius 1 is 1.41 bits per heavy atom. The molecular weight excluding hydrogens is 259 g/mol. The molecule has 2 rings (SSSR count). The lowest BCUT2D eigenvalue weighted by molar-refractivity contribution is 0.174. The van der Waals surface area contributed by atoms with Gasteiger partial charge in [-0.1, -0.05) is 29.3 Å². The van der Waals surface area contributed by atoms with E-state index in [1.54, 1.807) is 29.2 Å². The summed E-state index contributed by atoms with van der Waals surface area (Å²) in [6.45, 7) is 0. The third kappa shape index (κ3) is 3.00. The largest absolute Gasteiger partial charge is 0.386 e. The number of rotatable bonds is 3. The second-order valence-electron chi connectivity index (χ2n) is 3.92. The molecule has 0 amide bonds. The number of hydrogen-bond donors (Lipinski definition) is 1. The quantitative estimate of drug-likeness (QED) is 0.931. The molecule has 0 bridgehead atoms. The normalized spacial score (nSPS) is 12.7. The molecule has 5 heteroatoms. The van der Waals surface area contributed by atoms with Crippen LogP contribution in [0.1, 0.15) is 17.4 Å². The Balaban J connectivity index is 2.15. The SMILES string of the molecule is Cn1cnc(C(O)Cc2ccc(Cl)cc2Cl)c1. The van der Waals surface area contributed by atoms with E-state index in [1.165, 1.54) is 0 Å². The molecular formula is C12H12Cl2N2O. The number of aliphatic hydroxyl groups is 1. The van der Waals surface area contributed by atoms with Gasteiger partial charge in [-0.05, 0) is 17.7 Å². The molecule has 1 unspecified atom stereocenters. The van der Waals surface area contributed by atoms with Gasteiger partial charge in [0.05, 0.1) is 12.0 Å². The van der Waals surface area contributed by atoms with Gasteiger partial charge in [0.15, 0.2) is 0 Å². The molecule has 90 valence electrons. The second kappa shape index (κ2) is 5.08. The number of nitrogens with zero attached hydrogens (tertiary/aromatic N) is 2. The highest BCUT2D eigenvalue weighted by molar-refractivity contribution is 6.35. The standard InChI is InChI=1S/C12H12Cl2N2O/c1-16-6-11(15-7-16)12(17)4-8-2-3-9(13)5-10(8)14/h2-3,5-7,12,17H,4H2,1H3. The smallest absolute Gasteiger partial charge is 0.102 e. The van der Waals surface area contributed by atoms with Crippen molar-refractivity contribution in [1.29, 1.82) is 0 Å². The van der Waals surface area contributed by atoms with Crippen LogP contribution in [0, 0.1) is 0 Å². The van der Waals surface area contributed by atoms with Gasteiger partial charge in [0.25, 0.3) is 0 Å². The van der Waals surface area contributed by atoms with E-state index in [0.717, 1.165) is 5.56 Å². The third-order valence-electron chi connectivity index (χ3n) is 2.49. The predicted octanol–water partition coefficient (Wildman–Crippen LogP) is 3.00.